The van der Waals surface area contributed by atoms with Gasteiger partial charge in [-0.15, -0.1) is 0 Å². The zero-order valence-corrected chi connectivity index (χ0v) is 13.6. The Hall–Kier alpha value is -2.56. The number of hydrogen-bond donors (Lipinski definition) is 1. The van der Waals surface area contributed by atoms with E-state index in [1.165, 1.54) is 6.26 Å². The maximum atomic E-state index is 12.2. The number of furan rings is 1. The molecule has 0 saturated heterocycles. The molecule has 5 heteroatoms. The predicted octanol–water partition coefficient (Wildman–Crippen LogP) is 3.78. The van der Waals surface area contributed by atoms with Crippen molar-refractivity contribution >= 4 is 16.9 Å². The Balaban J connectivity index is 1.92. The molecule has 5 nitrogen and oxygen atoms in total. The van der Waals surface area contributed by atoms with Crippen molar-refractivity contribution in [1.82, 2.24) is 14.9 Å². The average Bonchev–Trinajstić information content (AvgIpc) is 3.15. The summed E-state index contributed by atoms with van der Waals surface area (Å²) in [7, 11) is 0. The normalized spacial score (nSPS) is 12.7. The number of hydrogen-bond acceptors (Lipinski definition) is 3. The van der Waals surface area contributed by atoms with Crippen molar-refractivity contribution < 1.29 is 9.21 Å². The number of carbonyl (C=O) groups excluding carboxylic acids is 1. The summed E-state index contributed by atoms with van der Waals surface area (Å²) in [5, 5.41) is 2.96. The number of amides is 1. The second kappa shape index (κ2) is 6.28. The van der Waals surface area contributed by atoms with Gasteiger partial charge in [-0.05, 0) is 37.1 Å². The van der Waals surface area contributed by atoms with Gasteiger partial charge in [0.2, 0.25) is 0 Å². The molecular weight excluding hydrogens is 290 g/mol. The highest BCUT2D eigenvalue weighted by atomic mass is 16.3. The molecule has 0 fully saturated rings. The topological polar surface area (TPSA) is 60.1 Å². The highest BCUT2D eigenvalue weighted by Gasteiger charge is 2.20. The Labute approximate surface area is 135 Å². The largest absolute Gasteiger partial charge is 0.459 e. The summed E-state index contributed by atoms with van der Waals surface area (Å²) < 4.78 is 7.33. The smallest absolute Gasteiger partial charge is 0.287 e. The molecule has 0 spiro atoms. The third-order valence-corrected chi connectivity index (χ3v) is 3.71. The van der Waals surface area contributed by atoms with Gasteiger partial charge in [0.25, 0.3) is 5.91 Å². The van der Waals surface area contributed by atoms with E-state index in [-0.39, 0.29) is 11.9 Å². The number of carbonyl (C=O) groups is 1. The van der Waals surface area contributed by atoms with Crippen LogP contribution in [0.4, 0.5) is 0 Å². The fourth-order valence-corrected chi connectivity index (χ4v) is 2.72. The van der Waals surface area contributed by atoms with Crippen molar-refractivity contribution in [2.75, 3.05) is 0 Å². The number of benzene rings is 1. The molecule has 23 heavy (non-hydrogen) atoms. The van der Waals surface area contributed by atoms with E-state index in [1.54, 1.807) is 12.1 Å². The molecule has 0 aliphatic heterocycles. The molecule has 1 N–H and O–H groups in total. The van der Waals surface area contributed by atoms with Crippen molar-refractivity contribution in [2.45, 2.75) is 33.4 Å². The molecule has 0 unspecified atom stereocenters. The van der Waals surface area contributed by atoms with Gasteiger partial charge in [0.05, 0.1) is 23.3 Å². The third kappa shape index (κ3) is 3.13. The molecule has 1 amide bonds. The van der Waals surface area contributed by atoms with Crippen molar-refractivity contribution in [1.29, 1.82) is 0 Å². The van der Waals surface area contributed by atoms with E-state index in [4.69, 9.17) is 9.40 Å². The van der Waals surface area contributed by atoms with E-state index in [0.29, 0.717) is 11.7 Å². The Morgan fingerprint density at radius 3 is 2.70 bits per heavy atom. The average molecular weight is 311 g/mol. The van der Waals surface area contributed by atoms with Crippen LogP contribution in [-0.2, 0) is 6.54 Å². The second-order valence-corrected chi connectivity index (χ2v) is 6.14. The maximum Gasteiger partial charge on any atom is 0.287 e. The van der Waals surface area contributed by atoms with Gasteiger partial charge in [-0.25, -0.2) is 4.98 Å². The van der Waals surface area contributed by atoms with Crippen LogP contribution in [0.3, 0.4) is 0 Å². The number of imidazole rings is 1. The van der Waals surface area contributed by atoms with Gasteiger partial charge in [0.1, 0.15) is 5.82 Å². The zero-order chi connectivity index (χ0) is 16.4. The number of aromatic nitrogens is 2. The van der Waals surface area contributed by atoms with Gasteiger partial charge in [-0.3, -0.25) is 4.79 Å². The molecule has 0 aliphatic carbocycles. The minimum Gasteiger partial charge on any atom is -0.459 e. The molecular formula is C18H21N3O2. The van der Waals surface area contributed by atoms with Crippen LogP contribution < -0.4 is 5.32 Å². The summed E-state index contributed by atoms with van der Waals surface area (Å²) in [6.07, 6.45) is 1.49. The lowest BCUT2D eigenvalue weighted by Crippen LogP contribution is -2.28. The van der Waals surface area contributed by atoms with E-state index in [0.717, 1.165) is 23.4 Å². The van der Waals surface area contributed by atoms with Crippen molar-refractivity contribution in [3.63, 3.8) is 0 Å². The summed E-state index contributed by atoms with van der Waals surface area (Å²) in [4.78, 5) is 16.9. The standard InChI is InChI=1S/C18H21N3O2/c1-12(2)11-21-15-8-5-4-7-14(15)20-17(21)13(3)19-18(22)16-9-6-10-23-16/h4-10,12-13H,11H2,1-3H3,(H,19,22)/t13-/m1/s1. The number of nitrogens with zero attached hydrogens (tertiary/aromatic N) is 2. The first-order valence-electron chi connectivity index (χ1n) is 7.85. The molecule has 2 aromatic heterocycles. The molecule has 1 atom stereocenters. The molecule has 0 bridgehead atoms. The van der Waals surface area contributed by atoms with E-state index in [2.05, 4.69) is 29.8 Å². The second-order valence-electron chi connectivity index (χ2n) is 6.14. The summed E-state index contributed by atoms with van der Waals surface area (Å²) in [6.45, 7) is 7.14. The van der Waals surface area contributed by atoms with Crippen LogP contribution in [0.5, 0.6) is 0 Å². The lowest BCUT2D eigenvalue weighted by atomic mass is 10.2. The van der Waals surface area contributed by atoms with Gasteiger partial charge in [0.15, 0.2) is 5.76 Å². The maximum absolute atomic E-state index is 12.2. The lowest BCUT2D eigenvalue weighted by Gasteiger charge is -2.17. The van der Waals surface area contributed by atoms with Crippen LogP contribution in [0.15, 0.2) is 47.1 Å². The van der Waals surface area contributed by atoms with Gasteiger partial charge < -0.3 is 14.3 Å². The van der Waals surface area contributed by atoms with Gasteiger partial charge >= 0.3 is 0 Å². The van der Waals surface area contributed by atoms with E-state index in [1.807, 2.05) is 25.1 Å². The molecule has 0 aliphatic rings. The molecule has 0 saturated carbocycles. The molecule has 3 aromatic rings. The fourth-order valence-electron chi connectivity index (χ4n) is 2.72. The van der Waals surface area contributed by atoms with E-state index >= 15 is 0 Å². The Bertz CT molecular complexity index is 803. The molecule has 0 radical (unpaired) electrons. The minimum absolute atomic E-state index is 0.209. The zero-order valence-electron chi connectivity index (χ0n) is 13.6. The third-order valence-electron chi connectivity index (χ3n) is 3.71. The SMILES string of the molecule is CC(C)Cn1c([C@@H](C)NC(=O)c2ccco2)nc2ccccc21. The Morgan fingerprint density at radius 2 is 2.00 bits per heavy atom. The molecule has 2 heterocycles. The summed E-state index contributed by atoms with van der Waals surface area (Å²) >= 11 is 0. The monoisotopic (exact) mass is 311 g/mol. The molecule has 1 aromatic carbocycles. The van der Waals surface area contributed by atoms with Crippen molar-refractivity contribution in [2.24, 2.45) is 5.92 Å². The Kier molecular flexibility index (Phi) is 4.19. The quantitative estimate of drug-likeness (QED) is 0.780. The lowest BCUT2D eigenvalue weighted by molar-refractivity contribution is 0.0909. The fraction of sp³-hybridized carbons (Fsp3) is 0.333. The van der Waals surface area contributed by atoms with Crippen LogP contribution in [0.2, 0.25) is 0 Å². The first kappa shape index (κ1) is 15.3. The number of fused-ring (bicyclic) bond motifs is 1. The summed E-state index contributed by atoms with van der Waals surface area (Å²) in [5.74, 6) is 1.42. The van der Waals surface area contributed by atoms with Gasteiger partial charge in [-0.1, -0.05) is 26.0 Å². The Morgan fingerprint density at radius 1 is 1.22 bits per heavy atom. The van der Waals surface area contributed by atoms with E-state index < -0.39 is 0 Å². The first-order valence-corrected chi connectivity index (χ1v) is 7.85. The summed E-state index contributed by atoms with van der Waals surface area (Å²) in [5.41, 5.74) is 2.04. The van der Waals surface area contributed by atoms with Crippen molar-refractivity contribution in [3.05, 3.63) is 54.2 Å². The first-order chi connectivity index (χ1) is 11.1. The number of para-hydroxylation sites is 2. The highest BCUT2D eigenvalue weighted by molar-refractivity contribution is 5.91. The van der Waals surface area contributed by atoms with Crippen molar-refractivity contribution in [3.8, 4) is 0 Å². The predicted molar refractivity (Wildman–Crippen MR) is 89.2 cm³/mol. The number of nitrogens with one attached hydrogen (secondary N) is 1. The van der Waals surface area contributed by atoms with Crippen LogP contribution in [0.1, 0.15) is 43.2 Å². The van der Waals surface area contributed by atoms with Gasteiger partial charge in [-0.2, -0.15) is 0 Å². The van der Waals surface area contributed by atoms with Crippen LogP contribution >= 0.6 is 0 Å². The van der Waals surface area contributed by atoms with Crippen LogP contribution in [0, 0.1) is 5.92 Å². The highest BCUT2D eigenvalue weighted by Crippen LogP contribution is 2.22. The van der Waals surface area contributed by atoms with E-state index in [9.17, 15) is 4.79 Å². The number of rotatable bonds is 5. The minimum atomic E-state index is -0.231. The molecule has 3 rings (SSSR count). The van der Waals surface area contributed by atoms with Gasteiger partial charge in [0, 0.05) is 6.54 Å². The van der Waals surface area contributed by atoms with Crippen LogP contribution in [0.25, 0.3) is 11.0 Å². The van der Waals surface area contributed by atoms with Crippen LogP contribution in [-0.4, -0.2) is 15.5 Å². The molecule has 120 valence electrons. The summed E-state index contributed by atoms with van der Waals surface area (Å²) in [6, 6.07) is 11.2.